The Balaban J connectivity index is 1.75. The van der Waals surface area contributed by atoms with Gasteiger partial charge in [0.2, 0.25) is 5.91 Å². The zero-order valence-corrected chi connectivity index (χ0v) is 15.0. The van der Waals surface area contributed by atoms with E-state index in [1.807, 2.05) is 0 Å². The van der Waals surface area contributed by atoms with E-state index in [2.05, 4.69) is 10.6 Å². The molecule has 0 aromatic heterocycles. The van der Waals surface area contributed by atoms with Gasteiger partial charge in [-0.3, -0.25) is 9.59 Å². The molecule has 2 aromatic rings. The van der Waals surface area contributed by atoms with Gasteiger partial charge in [-0.15, -0.1) is 0 Å². The van der Waals surface area contributed by atoms with Gasteiger partial charge in [-0.25, -0.2) is 0 Å². The van der Waals surface area contributed by atoms with Crippen molar-refractivity contribution < 1.29 is 23.8 Å². The fourth-order valence-corrected chi connectivity index (χ4v) is 2.77. The van der Waals surface area contributed by atoms with Crippen LogP contribution in [-0.2, 0) is 16.0 Å². The number of rotatable bonds is 5. The lowest BCUT2D eigenvalue weighted by Crippen LogP contribution is -2.25. The fourth-order valence-electron chi connectivity index (χ4n) is 2.56. The van der Waals surface area contributed by atoms with Gasteiger partial charge in [0, 0.05) is 17.7 Å². The Hall–Kier alpha value is -2.93. The maximum Gasteiger partial charge on any atom is 0.262 e. The zero-order chi connectivity index (χ0) is 18.7. The Morgan fingerprint density at radius 2 is 2.08 bits per heavy atom. The van der Waals surface area contributed by atoms with Crippen LogP contribution in [0.15, 0.2) is 30.3 Å². The monoisotopic (exact) mass is 376 g/mol. The van der Waals surface area contributed by atoms with Crippen molar-refractivity contribution in [3.05, 3.63) is 40.9 Å². The SMILES string of the molecule is COc1ccc(CC(=O)Nc2cc3c(cc2Cl)NC(=O)CO3)c(OC)c1. The van der Waals surface area contributed by atoms with Crippen molar-refractivity contribution in [1.29, 1.82) is 0 Å². The third-order valence-corrected chi connectivity index (χ3v) is 4.13. The molecule has 0 bridgehead atoms. The van der Waals surface area contributed by atoms with Crippen LogP contribution in [0.1, 0.15) is 5.56 Å². The summed E-state index contributed by atoms with van der Waals surface area (Å²) in [6.07, 6.45) is 0.0954. The van der Waals surface area contributed by atoms with Gasteiger partial charge in [0.1, 0.15) is 17.2 Å². The van der Waals surface area contributed by atoms with Crippen molar-refractivity contribution in [1.82, 2.24) is 0 Å². The molecule has 2 amide bonds. The van der Waals surface area contributed by atoms with Crippen LogP contribution in [-0.4, -0.2) is 32.6 Å². The molecule has 136 valence electrons. The fraction of sp³-hybridized carbons (Fsp3) is 0.222. The van der Waals surface area contributed by atoms with Crippen molar-refractivity contribution >= 4 is 34.8 Å². The number of carbonyl (C=O) groups excluding carboxylic acids is 2. The summed E-state index contributed by atoms with van der Waals surface area (Å²) in [5.41, 5.74) is 1.59. The molecule has 0 saturated heterocycles. The zero-order valence-electron chi connectivity index (χ0n) is 14.2. The van der Waals surface area contributed by atoms with E-state index in [-0.39, 0.29) is 24.8 Å². The predicted octanol–water partition coefficient (Wildman–Crippen LogP) is 2.87. The second kappa shape index (κ2) is 7.53. The first-order valence-electron chi connectivity index (χ1n) is 7.77. The second-order valence-electron chi connectivity index (χ2n) is 5.57. The van der Waals surface area contributed by atoms with Crippen LogP contribution in [0.3, 0.4) is 0 Å². The summed E-state index contributed by atoms with van der Waals surface area (Å²) in [6, 6.07) is 8.36. The molecular formula is C18H17ClN2O5. The minimum Gasteiger partial charge on any atom is -0.497 e. The molecule has 0 unspecified atom stereocenters. The molecule has 7 nitrogen and oxygen atoms in total. The summed E-state index contributed by atoms with van der Waals surface area (Å²) < 4.78 is 15.8. The van der Waals surface area contributed by atoms with Crippen LogP contribution in [0.25, 0.3) is 0 Å². The highest BCUT2D eigenvalue weighted by atomic mass is 35.5. The van der Waals surface area contributed by atoms with E-state index in [4.69, 9.17) is 25.8 Å². The van der Waals surface area contributed by atoms with Gasteiger partial charge in [-0.1, -0.05) is 17.7 Å². The lowest BCUT2D eigenvalue weighted by Gasteiger charge is -2.19. The van der Waals surface area contributed by atoms with E-state index in [9.17, 15) is 9.59 Å². The lowest BCUT2D eigenvalue weighted by molar-refractivity contribution is -0.118. The minimum atomic E-state index is -0.268. The molecule has 0 atom stereocenters. The van der Waals surface area contributed by atoms with Crippen molar-refractivity contribution in [2.45, 2.75) is 6.42 Å². The number of fused-ring (bicyclic) bond motifs is 1. The quantitative estimate of drug-likeness (QED) is 0.838. The normalized spacial score (nSPS) is 12.5. The van der Waals surface area contributed by atoms with E-state index in [0.29, 0.717) is 39.2 Å². The average molecular weight is 377 g/mol. The molecule has 26 heavy (non-hydrogen) atoms. The molecule has 1 aliphatic rings. The molecule has 0 fully saturated rings. The molecule has 0 spiro atoms. The van der Waals surface area contributed by atoms with Crippen LogP contribution >= 0.6 is 11.6 Å². The van der Waals surface area contributed by atoms with Gasteiger partial charge in [-0.05, 0) is 12.1 Å². The van der Waals surface area contributed by atoms with Crippen LogP contribution in [0.5, 0.6) is 17.2 Å². The number of benzene rings is 2. The van der Waals surface area contributed by atoms with E-state index in [1.54, 1.807) is 31.4 Å². The van der Waals surface area contributed by atoms with E-state index >= 15 is 0 Å². The Kier molecular flexibility index (Phi) is 5.18. The summed E-state index contributed by atoms with van der Waals surface area (Å²) in [5, 5.41) is 5.70. The number of methoxy groups -OCH3 is 2. The number of carbonyl (C=O) groups is 2. The molecule has 1 heterocycles. The Morgan fingerprint density at radius 1 is 1.27 bits per heavy atom. The van der Waals surface area contributed by atoms with E-state index < -0.39 is 0 Å². The van der Waals surface area contributed by atoms with E-state index in [0.717, 1.165) is 0 Å². The average Bonchev–Trinajstić information content (AvgIpc) is 2.62. The lowest BCUT2D eigenvalue weighted by atomic mass is 10.1. The Labute approximate surface area is 155 Å². The minimum absolute atomic E-state index is 0.0783. The van der Waals surface area contributed by atoms with Crippen LogP contribution in [0.4, 0.5) is 11.4 Å². The highest BCUT2D eigenvalue weighted by molar-refractivity contribution is 6.34. The standard InChI is InChI=1S/C18H17ClN2O5/c1-24-11-4-3-10(15(6-11)25-2)5-17(22)20-13-8-16-14(7-12(13)19)21-18(23)9-26-16/h3-4,6-8H,5,9H2,1-2H3,(H,20,22)(H,21,23). The summed E-state index contributed by atoms with van der Waals surface area (Å²) in [7, 11) is 3.09. The third-order valence-electron chi connectivity index (χ3n) is 3.82. The topological polar surface area (TPSA) is 85.9 Å². The summed E-state index contributed by atoms with van der Waals surface area (Å²) in [5.74, 6) is 1.13. The van der Waals surface area contributed by atoms with Gasteiger partial charge >= 0.3 is 0 Å². The van der Waals surface area contributed by atoms with Crippen molar-refractivity contribution in [2.75, 3.05) is 31.5 Å². The molecular weight excluding hydrogens is 360 g/mol. The van der Waals surface area contributed by atoms with Crippen molar-refractivity contribution in [2.24, 2.45) is 0 Å². The maximum absolute atomic E-state index is 12.4. The first-order chi connectivity index (χ1) is 12.5. The number of ether oxygens (including phenoxy) is 3. The summed E-state index contributed by atoms with van der Waals surface area (Å²) >= 11 is 6.19. The molecule has 1 aliphatic heterocycles. The highest BCUT2D eigenvalue weighted by Crippen LogP contribution is 2.36. The highest BCUT2D eigenvalue weighted by Gasteiger charge is 2.19. The molecule has 0 saturated carbocycles. The molecule has 0 radical (unpaired) electrons. The van der Waals surface area contributed by atoms with Gasteiger partial charge in [0.15, 0.2) is 6.61 Å². The largest absolute Gasteiger partial charge is 0.497 e. The van der Waals surface area contributed by atoms with Crippen LogP contribution in [0.2, 0.25) is 5.02 Å². The number of anilines is 2. The second-order valence-corrected chi connectivity index (χ2v) is 5.97. The Morgan fingerprint density at radius 3 is 2.81 bits per heavy atom. The smallest absolute Gasteiger partial charge is 0.262 e. The number of halogens is 1. The third kappa shape index (κ3) is 3.83. The molecule has 2 N–H and O–H groups in total. The van der Waals surface area contributed by atoms with Crippen molar-refractivity contribution in [3.8, 4) is 17.2 Å². The summed E-state index contributed by atoms with van der Waals surface area (Å²) in [6.45, 7) is -0.0783. The molecule has 8 heteroatoms. The number of hydrogen-bond donors (Lipinski definition) is 2. The van der Waals surface area contributed by atoms with Crippen LogP contribution < -0.4 is 24.8 Å². The molecule has 2 aromatic carbocycles. The maximum atomic E-state index is 12.4. The van der Waals surface area contributed by atoms with Crippen molar-refractivity contribution in [3.63, 3.8) is 0 Å². The predicted molar refractivity (Wildman–Crippen MR) is 97.5 cm³/mol. The van der Waals surface area contributed by atoms with Gasteiger partial charge in [-0.2, -0.15) is 0 Å². The number of hydrogen-bond acceptors (Lipinski definition) is 5. The van der Waals surface area contributed by atoms with Gasteiger partial charge in [0.25, 0.3) is 5.91 Å². The van der Waals surface area contributed by atoms with Gasteiger partial charge < -0.3 is 24.8 Å². The number of nitrogens with one attached hydrogen (secondary N) is 2. The number of amides is 2. The van der Waals surface area contributed by atoms with Gasteiger partial charge in [0.05, 0.1) is 37.0 Å². The van der Waals surface area contributed by atoms with E-state index in [1.165, 1.54) is 13.2 Å². The first-order valence-corrected chi connectivity index (χ1v) is 8.15. The summed E-state index contributed by atoms with van der Waals surface area (Å²) in [4.78, 5) is 23.7. The molecule has 0 aliphatic carbocycles. The van der Waals surface area contributed by atoms with Crippen LogP contribution in [0, 0.1) is 0 Å². The molecule has 3 rings (SSSR count). The Bertz CT molecular complexity index is 869. The first kappa shape index (κ1) is 17.9.